The van der Waals surface area contributed by atoms with Crippen LogP contribution in [0.4, 0.5) is 10.1 Å². The van der Waals surface area contributed by atoms with Crippen LogP contribution >= 0.6 is 22.7 Å². The number of thiophene rings is 1. The highest BCUT2D eigenvalue weighted by Crippen LogP contribution is 2.34. The summed E-state index contributed by atoms with van der Waals surface area (Å²) < 4.78 is 0. The van der Waals surface area contributed by atoms with Crippen molar-refractivity contribution in [3.63, 3.8) is 0 Å². The Kier molecular flexibility index (Phi) is 3.70. The monoisotopic (exact) mass is 269 g/mol. The van der Waals surface area contributed by atoms with E-state index in [0.717, 1.165) is 39.9 Å². The van der Waals surface area contributed by atoms with E-state index in [2.05, 4.69) is 17.2 Å². The van der Waals surface area contributed by atoms with Crippen LogP contribution in [0.5, 0.6) is 0 Å². The maximum atomic E-state index is 10.6. The number of nitro groups is 1. The third kappa shape index (κ3) is 2.80. The number of nitrogens with zero attached hydrogens (tertiary/aromatic N) is 2. The molecule has 0 radical (unpaired) electrons. The second kappa shape index (κ2) is 5.24. The standard InChI is InChI=1S/C10H11N3O2S2/c1-2-3-11-10-12-5-8(17-10)7-4-9(13(14)15)16-6-7/h4-6H,2-3H2,1H3,(H,11,12). The third-order valence-corrected chi connectivity index (χ3v) is 3.97. The van der Waals surface area contributed by atoms with Crippen LogP contribution in [0.15, 0.2) is 17.6 Å². The molecular weight excluding hydrogens is 258 g/mol. The van der Waals surface area contributed by atoms with Crippen LogP contribution in [-0.4, -0.2) is 16.5 Å². The van der Waals surface area contributed by atoms with E-state index in [1.54, 1.807) is 17.6 Å². The molecule has 0 atom stereocenters. The fraction of sp³-hybridized carbons (Fsp3) is 0.300. The van der Waals surface area contributed by atoms with Crippen LogP contribution in [0, 0.1) is 10.1 Å². The van der Waals surface area contributed by atoms with E-state index in [1.807, 2.05) is 0 Å². The summed E-state index contributed by atoms with van der Waals surface area (Å²) >= 11 is 2.65. The average Bonchev–Trinajstić information content (AvgIpc) is 2.94. The molecular formula is C10H11N3O2S2. The van der Waals surface area contributed by atoms with Crippen molar-refractivity contribution in [2.75, 3.05) is 11.9 Å². The topological polar surface area (TPSA) is 68.1 Å². The molecule has 0 saturated carbocycles. The van der Waals surface area contributed by atoms with Gasteiger partial charge in [-0.3, -0.25) is 10.1 Å². The molecule has 90 valence electrons. The highest BCUT2D eigenvalue weighted by molar-refractivity contribution is 7.19. The molecule has 0 aliphatic heterocycles. The lowest BCUT2D eigenvalue weighted by molar-refractivity contribution is -0.380. The number of anilines is 1. The van der Waals surface area contributed by atoms with Gasteiger partial charge in [-0.15, -0.1) is 0 Å². The van der Waals surface area contributed by atoms with Gasteiger partial charge in [-0.2, -0.15) is 0 Å². The van der Waals surface area contributed by atoms with Crippen LogP contribution in [0.1, 0.15) is 13.3 Å². The van der Waals surface area contributed by atoms with Gasteiger partial charge in [-0.25, -0.2) is 4.98 Å². The molecule has 7 heteroatoms. The summed E-state index contributed by atoms with van der Waals surface area (Å²) in [6, 6.07) is 1.59. The molecule has 0 spiro atoms. The van der Waals surface area contributed by atoms with E-state index in [-0.39, 0.29) is 9.92 Å². The summed E-state index contributed by atoms with van der Waals surface area (Å²) in [6.07, 6.45) is 2.78. The first-order valence-electron chi connectivity index (χ1n) is 5.13. The first-order chi connectivity index (χ1) is 8.20. The van der Waals surface area contributed by atoms with E-state index in [9.17, 15) is 10.1 Å². The molecule has 2 rings (SSSR count). The number of hydrogen-bond donors (Lipinski definition) is 1. The fourth-order valence-corrected chi connectivity index (χ4v) is 2.90. The zero-order chi connectivity index (χ0) is 12.3. The third-order valence-electron chi connectivity index (χ3n) is 2.08. The molecule has 5 nitrogen and oxygen atoms in total. The number of rotatable bonds is 5. The number of nitrogens with one attached hydrogen (secondary N) is 1. The number of thiazole rings is 1. The highest BCUT2D eigenvalue weighted by Gasteiger charge is 2.12. The zero-order valence-corrected chi connectivity index (χ0v) is 10.8. The Labute approximate surface area is 106 Å². The molecule has 2 aromatic rings. The van der Waals surface area contributed by atoms with E-state index in [0.29, 0.717) is 0 Å². The summed E-state index contributed by atoms with van der Waals surface area (Å²) in [5.74, 6) is 0. The molecule has 0 aliphatic carbocycles. The van der Waals surface area contributed by atoms with Gasteiger partial charge in [0.15, 0.2) is 5.13 Å². The summed E-state index contributed by atoms with van der Waals surface area (Å²) in [5.41, 5.74) is 0.865. The summed E-state index contributed by atoms with van der Waals surface area (Å²) in [5, 5.41) is 16.6. The summed E-state index contributed by atoms with van der Waals surface area (Å²) in [7, 11) is 0. The van der Waals surface area contributed by atoms with Crippen LogP contribution in [0.3, 0.4) is 0 Å². The van der Waals surface area contributed by atoms with Crippen molar-refractivity contribution in [1.29, 1.82) is 0 Å². The Morgan fingerprint density at radius 2 is 2.41 bits per heavy atom. The Bertz CT molecular complexity index is 521. The predicted molar refractivity (Wildman–Crippen MR) is 70.9 cm³/mol. The van der Waals surface area contributed by atoms with E-state index < -0.39 is 0 Å². The van der Waals surface area contributed by atoms with Gasteiger partial charge >= 0.3 is 5.00 Å². The van der Waals surface area contributed by atoms with Crippen molar-refractivity contribution in [2.24, 2.45) is 0 Å². The maximum absolute atomic E-state index is 10.6. The Morgan fingerprint density at radius 3 is 3.06 bits per heavy atom. The quantitative estimate of drug-likeness (QED) is 0.665. The van der Waals surface area contributed by atoms with Gasteiger partial charge in [-0.1, -0.05) is 29.6 Å². The van der Waals surface area contributed by atoms with Gasteiger partial charge < -0.3 is 5.32 Å². The molecule has 0 saturated heterocycles. The van der Waals surface area contributed by atoms with E-state index >= 15 is 0 Å². The second-order valence-corrected chi connectivity index (χ2v) is 5.31. The Balaban J connectivity index is 2.15. The van der Waals surface area contributed by atoms with E-state index in [1.165, 1.54) is 11.3 Å². The molecule has 17 heavy (non-hydrogen) atoms. The molecule has 1 N–H and O–H groups in total. The molecule has 0 bridgehead atoms. The molecule has 2 aromatic heterocycles. The molecule has 0 unspecified atom stereocenters. The Morgan fingerprint density at radius 1 is 1.59 bits per heavy atom. The fourth-order valence-electron chi connectivity index (χ4n) is 1.27. The normalized spacial score (nSPS) is 10.4. The second-order valence-electron chi connectivity index (χ2n) is 3.39. The maximum Gasteiger partial charge on any atom is 0.324 e. The first kappa shape index (κ1) is 12.0. The summed E-state index contributed by atoms with van der Waals surface area (Å²) in [4.78, 5) is 15.4. The van der Waals surface area contributed by atoms with Gasteiger partial charge in [0.25, 0.3) is 0 Å². The van der Waals surface area contributed by atoms with Gasteiger partial charge in [0, 0.05) is 29.8 Å². The zero-order valence-electron chi connectivity index (χ0n) is 9.17. The van der Waals surface area contributed by atoms with Crippen LogP contribution in [0.25, 0.3) is 10.4 Å². The van der Waals surface area contributed by atoms with Crippen molar-refractivity contribution in [3.8, 4) is 10.4 Å². The van der Waals surface area contributed by atoms with Gasteiger partial charge in [0.05, 0.1) is 9.80 Å². The van der Waals surface area contributed by atoms with Gasteiger partial charge in [0.1, 0.15) is 0 Å². The molecule has 0 aromatic carbocycles. The average molecular weight is 269 g/mol. The highest BCUT2D eigenvalue weighted by atomic mass is 32.1. The van der Waals surface area contributed by atoms with Gasteiger partial charge in [-0.05, 0) is 6.42 Å². The minimum absolute atomic E-state index is 0.163. The molecule has 0 aliphatic rings. The molecule has 2 heterocycles. The first-order valence-corrected chi connectivity index (χ1v) is 6.83. The van der Waals surface area contributed by atoms with Crippen LogP contribution in [0.2, 0.25) is 0 Å². The summed E-state index contributed by atoms with van der Waals surface area (Å²) in [6.45, 7) is 2.97. The number of hydrogen-bond acceptors (Lipinski definition) is 6. The van der Waals surface area contributed by atoms with Crippen molar-refractivity contribution < 1.29 is 4.92 Å². The number of aromatic nitrogens is 1. The van der Waals surface area contributed by atoms with Crippen molar-refractivity contribution in [3.05, 3.63) is 27.8 Å². The minimum Gasteiger partial charge on any atom is -0.362 e. The van der Waals surface area contributed by atoms with Crippen LogP contribution < -0.4 is 5.32 Å². The minimum atomic E-state index is -0.370. The van der Waals surface area contributed by atoms with Crippen molar-refractivity contribution in [1.82, 2.24) is 4.98 Å². The Hall–Kier alpha value is -1.47. The molecule has 0 amide bonds. The van der Waals surface area contributed by atoms with Gasteiger partial charge in [0.2, 0.25) is 0 Å². The largest absolute Gasteiger partial charge is 0.362 e. The van der Waals surface area contributed by atoms with Crippen molar-refractivity contribution >= 4 is 32.8 Å². The van der Waals surface area contributed by atoms with Crippen molar-refractivity contribution in [2.45, 2.75) is 13.3 Å². The van der Waals surface area contributed by atoms with E-state index in [4.69, 9.17) is 0 Å². The lowest BCUT2D eigenvalue weighted by Gasteiger charge is -1.96. The van der Waals surface area contributed by atoms with Crippen LogP contribution in [-0.2, 0) is 0 Å². The predicted octanol–water partition coefficient (Wildman–Crippen LogP) is 3.60. The lowest BCUT2D eigenvalue weighted by Crippen LogP contribution is -1.97. The lowest BCUT2D eigenvalue weighted by atomic mass is 10.3. The molecule has 0 fully saturated rings. The smallest absolute Gasteiger partial charge is 0.324 e. The SMILES string of the molecule is CCCNc1ncc(-c2csc([N+](=O)[O-])c2)s1.